The number of halogens is 1. The summed E-state index contributed by atoms with van der Waals surface area (Å²) in [6.45, 7) is 0. The molecule has 0 atom stereocenters. The van der Waals surface area contributed by atoms with E-state index in [9.17, 15) is 4.79 Å². The second-order valence-electron chi connectivity index (χ2n) is 2.89. The van der Waals surface area contributed by atoms with E-state index in [0.717, 1.165) is 0 Å². The van der Waals surface area contributed by atoms with Gasteiger partial charge in [0.15, 0.2) is 0 Å². The number of ether oxygens (including phenoxy) is 1. The van der Waals surface area contributed by atoms with Crippen molar-refractivity contribution in [3.05, 3.63) is 40.4 Å². The van der Waals surface area contributed by atoms with Crippen molar-refractivity contribution in [1.82, 2.24) is 4.98 Å². The van der Waals surface area contributed by atoms with Gasteiger partial charge in [-0.1, -0.05) is 35.1 Å². The summed E-state index contributed by atoms with van der Waals surface area (Å²) in [5, 5.41) is 0.374. The van der Waals surface area contributed by atoms with Crippen molar-refractivity contribution in [3.8, 4) is 10.9 Å². The van der Waals surface area contributed by atoms with Crippen LogP contribution in [0, 0.1) is 0 Å². The summed E-state index contributed by atoms with van der Waals surface area (Å²) in [5.41, 5.74) is 5.53. The van der Waals surface area contributed by atoms with Crippen molar-refractivity contribution in [2.75, 3.05) is 0 Å². The van der Waals surface area contributed by atoms with Gasteiger partial charge in [0.2, 0.25) is 0 Å². The van der Waals surface area contributed by atoms with Crippen LogP contribution in [0.3, 0.4) is 0 Å². The average Bonchev–Trinajstić information content (AvgIpc) is 2.64. The summed E-state index contributed by atoms with van der Waals surface area (Å²) in [6.07, 6.45) is 1.48. The Kier molecular flexibility index (Phi) is 3.07. The number of rotatable bonds is 3. The Labute approximate surface area is 101 Å². The molecule has 2 N–H and O–H groups in total. The summed E-state index contributed by atoms with van der Waals surface area (Å²) in [5.74, 6) is -0.167. The van der Waals surface area contributed by atoms with Crippen LogP contribution in [0.25, 0.3) is 0 Å². The van der Waals surface area contributed by atoms with Gasteiger partial charge in [-0.2, -0.15) is 0 Å². The first-order valence-electron chi connectivity index (χ1n) is 4.35. The van der Waals surface area contributed by atoms with Crippen molar-refractivity contribution in [1.29, 1.82) is 0 Å². The molecule has 0 fully saturated rings. The number of nitrogens with zero attached hydrogens (tertiary/aromatic N) is 1. The number of nitrogens with two attached hydrogens (primary N) is 1. The molecule has 0 aliphatic heterocycles. The fourth-order valence-electron chi connectivity index (χ4n) is 1.14. The number of benzene rings is 1. The highest BCUT2D eigenvalue weighted by molar-refractivity contribution is 7.17. The van der Waals surface area contributed by atoms with Crippen LogP contribution in [0.4, 0.5) is 0 Å². The highest BCUT2D eigenvalue weighted by Crippen LogP contribution is 2.30. The standard InChI is InChI=1S/C10H7ClN2O2S/c11-8-5-13-10(16-8)15-7-4-2-1-3-6(7)9(12)14/h1-5H,(H2,12,14). The third-order valence-corrected chi connectivity index (χ3v) is 2.80. The van der Waals surface area contributed by atoms with Crippen LogP contribution in [-0.4, -0.2) is 10.9 Å². The van der Waals surface area contributed by atoms with Gasteiger partial charge in [-0.05, 0) is 12.1 Å². The SMILES string of the molecule is NC(=O)c1ccccc1Oc1ncc(Cl)s1. The van der Waals surface area contributed by atoms with E-state index in [1.54, 1.807) is 24.3 Å². The molecule has 0 spiro atoms. The Morgan fingerprint density at radius 2 is 2.19 bits per heavy atom. The van der Waals surface area contributed by atoms with E-state index in [2.05, 4.69) is 4.98 Å². The van der Waals surface area contributed by atoms with Crippen molar-refractivity contribution in [2.45, 2.75) is 0 Å². The Balaban J connectivity index is 2.31. The van der Waals surface area contributed by atoms with Gasteiger partial charge in [0.05, 0.1) is 11.8 Å². The first-order valence-corrected chi connectivity index (χ1v) is 5.54. The smallest absolute Gasteiger partial charge is 0.280 e. The average molecular weight is 255 g/mol. The van der Waals surface area contributed by atoms with Gasteiger partial charge in [-0.15, -0.1) is 0 Å². The molecule has 0 aliphatic carbocycles. The number of hydrogen-bond acceptors (Lipinski definition) is 4. The lowest BCUT2D eigenvalue weighted by Gasteiger charge is -2.05. The van der Waals surface area contributed by atoms with E-state index in [-0.39, 0.29) is 0 Å². The van der Waals surface area contributed by atoms with Gasteiger partial charge in [0.1, 0.15) is 10.1 Å². The molecule has 0 saturated heterocycles. The summed E-state index contributed by atoms with van der Waals surface area (Å²) in [4.78, 5) is 15.0. The summed E-state index contributed by atoms with van der Waals surface area (Å²) in [7, 11) is 0. The Morgan fingerprint density at radius 1 is 1.44 bits per heavy atom. The van der Waals surface area contributed by atoms with E-state index in [1.165, 1.54) is 17.5 Å². The quantitative estimate of drug-likeness (QED) is 0.916. The molecule has 0 unspecified atom stereocenters. The minimum atomic E-state index is -0.543. The molecule has 82 valence electrons. The number of carbonyl (C=O) groups excluding carboxylic acids is 1. The number of thiazole rings is 1. The number of aromatic nitrogens is 1. The lowest BCUT2D eigenvalue weighted by molar-refractivity contribution is 0.0998. The molecule has 1 aromatic carbocycles. The molecule has 0 radical (unpaired) electrons. The third kappa shape index (κ3) is 2.32. The summed E-state index contributed by atoms with van der Waals surface area (Å²) < 4.78 is 5.93. The number of primary amides is 1. The molecule has 1 heterocycles. The maximum Gasteiger partial charge on any atom is 0.280 e. The predicted octanol–water partition coefficient (Wildman–Crippen LogP) is 2.69. The minimum Gasteiger partial charge on any atom is -0.430 e. The lowest BCUT2D eigenvalue weighted by Crippen LogP contribution is -2.11. The highest BCUT2D eigenvalue weighted by atomic mass is 35.5. The number of para-hydroxylation sites is 1. The molecular formula is C10H7ClN2O2S. The van der Waals surface area contributed by atoms with Crippen LogP contribution in [0.2, 0.25) is 4.34 Å². The van der Waals surface area contributed by atoms with Crippen LogP contribution in [0.5, 0.6) is 10.9 Å². The zero-order valence-electron chi connectivity index (χ0n) is 8.01. The number of carbonyl (C=O) groups is 1. The molecule has 0 aliphatic rings. The second kappa shape index (κ2) is 4.51. The summed E-state index contributed by atoms with van der Waals surface area (Å²) >= 11 is 6.90. The highest BCUT2D eigenvalue weighted by Gasteiger charge is 2.10. The molecular weight excluding hydrogens is 248 g/mol. The van der Waals surface area contributed by atoms with E-state index >= 15 is 0 Å². The molecule has 4 nitrogen and oxygen atoms in total. The molecule has 1 amide bonds. The lowest BCUT2D eigenvalue weighted by atomic mass is 10.2. The zero-order valence-corrected chi connectivity index (χ0v) is 9.59. The van der Waals surface area contributed by atoms with Gasteiger partial charge in [-0.3, -0.25) is 4.79 Å². The van der Waals surface area contributed by atoms with Crippen LogP contribution in [0.15, 0.2) is 30.5 Å². The largest absolute Gasteiger partial charge is 0.430 e. The van der Waals surface area contributed by atoms with Crippen molar-refractivity contribution < 1.29 is 9.53 Å². The van der Waals surface area contributed by atoms with E-state index in [4.69, 9.17) is 22.1 Å². The second-order valence-corrected chi connectivity index (χ2v) is 4.52. The number of hydrogen-bond donors (Lipinski definition) is 1. The minimum absolute atomic E-state index is 0.314. The van der Waals surface area contributed by atoms with Gasteiger partial charge in [0, 0.05) is 0 Å². The van der Waals surface area contributed by atoms with Crippen molar-refractivity contribution in [3.63, 3.8) is 0 Å². The molecule has 2 aromatic rings. The van der Waals surface area contributed by atoms with Crippen LogP contribution < -0.4 is 10.5 Å². The first-order chi connectivity index (χ1) is 7.66. The molecule has 2 rings (SSSR count). The van der Waals surface area contributed by atoms with Crippen LogP contribution in [-0.2, 0) is 0 Å². The van der Waals surface area contributed by atoms with Crippen LogP contribution in [0.1, 0.15) is 10.4 Å². The van der Waals surface area contributed by atoms with Crippen LogP contribution >= 0.6 is 22.9 Å². The molecule has 6 heteroatoms. The molecule has 16 heavy (non-hydrogen) atoms. The fraction of sp³-hybridized carbons (Fsp3) is 0. The van der Waals surface area contributed by atoms with Crippen molar-refractivity contribution in [2.24, 2.45) is 5.73 Å². The Hall–Kier alpha value is -1.59. The molecule has 1 aromatic heterocycles. The van der Waals surface area contributed by atoms with E-state index in [0.29, 0.717) is 20.8 Å². The van der Waals surface area contributed by atoms with Crippen molar-refractivity contribution >= 4 is 28.8 Å². The molecule has 0 bridgehead atoms. The monoisotopic (exact) mass is 254 g/mol. The van der Waals surface area contributed by atoms with E-state index in [1.807, 2.05) is 0 Å². The normalized spacial score (nSPS) is 10.1. The zero-order chi connectivity index (χ0) is 11.5. The first kappa shape index (κ1) is 10.9. The Morgan fingerprint density at radius 3 is 2.81 bits per heavy atom. The third-order valence-electron chi connectivity index (χ3n) is 1.81. The predicted molar refractivity (Wildman–Crippen MR) is 62.2 cm³/mol. The van der Waals surface area contributed by atoms with Gasteiger partial charge in [0.25, 0.3) is 11.1 Å². The maximum atomic E-state index is 11.1. The summed E-state index contributed by atoms with van der Waals surface area (Å²) in [6, 6.07) is 6.70. The molecule has 0 saturated carbocycles. The van der Waals surface area contributed by atoms with Gasteiger partial charge in [-0.25, -0.2) is 4.98 Å². The maximum absolute atomic E-state index is 11.1. The van der Waals surface area contributed by atoms with Gasteiger partial charge < -0.3 is 10.5 Å². The topological polar surface area (TPSA) is 65.2 Å². The van der Waals surface area contributed by atoms with Gasteiger partial charge >= 0.3 is 0 Å². The fourth-order valence-corrected chi connectivity index (χ4v) is 1.90. The number of amides is 1. The Bertz CT molecular complexity index is 527. The van der Waals surface area contributed by atoms with E-state index < -0.39 is 5.91 Å².